The maximum Gasteiger partial charge on any atom is 0.317 e. The summed E-state index contributed by atoms with van der Waals surface area (Å²) >= 11 is 0. The second-order valence-corrected chi connectivity index (χ2v) is 20.4. The Balaban J connectivity index is 2.33. The average Bonchev–Trinajstić information content (AvgIpc) is 2.90. The Morgan fingerprint density at radius 2 is 1.12 bits per heavy atom. The fourth-order valence-electron chi connectivity index (χ4n) is 9.76. The van der Waals surface area contributed by atoms with E-state index in [1.54, 1.807) is 0 Å². The minimum Gasteiger partial charge on any atom is -0.507 e. The SMILES string of the molecule is CN1C(C)(C)CC(C(CCCOC(=O)CC(=O)O)(Cc2cc(C(C)(C)C)c(O)c(C(C)(C)C)c2)C2CC(C)(C)N(C)C(C)(C)C2)CC1(C)C. The second kappa shape index (κ2) is 13.8. The first-order valence-electron chi connectivity index (χ1n) is 18.7. The molecular weight excluding hydrogens is 612 g/mol. The molecule has 2 aliphatic rings. The number of phenols is 1. The average molecular weight is 685 g/mol. The minimum absolute atomic E-state index is 0.0236. The van der Waals surface area contributed by atoms with Gasteiger partial charge in [-0.1, -0.05) is 53.7 Å². The van der Waals surface area contributed by atoms with Crippen LogP contribution in [0, 0.1) is 17.3 Å². The van der Waals surface area contributed by atoms with Gasteiger partial charge in [0.2, 0.25) is 0 Å². The number of carboxylic acids is 1. The highest BCUT2D eigenvalue weighted by Crippen LogP contribution is 2.59. The molecule has 3 rings (SSSR count). The third-order valence-electron chi connectivity index (χ3n) is 12.9. The molecular formula is C42H72N2O5. The van der Waals surface area contributed by atoms with Gasteiger partial charge in [-0.05, 0) is 159 Å². The number of hydrogen-bond donors (Lipinski definition) is 2. The van der Waals surface area contributed by atoms with E-state index in [4.69, 9.17) is 9.84 Å². The Morgan fingerprint density at radius 3 is 1.45 bits per heavy atom. The number of carbonyl (C=O) groups excluding carboxylic acids is 1. The number of rotatable bonds is 10. The van der Waals surface area contributed by atoms with Crippen LogP contribution in [0.2, 0.25) is 0 Å². The van der Waals surface area contributed by atoms with Crippen LogP contribution in [0.4, 0.5) is 0 Å². The maximum atomic E-state index is 12.3. The van der Waals surface area contributed by atoms with Gasteiger partial charge in [-0.15, -0.1) is 0 Å². The molecule has 2 saturated heterocycles. The van der Waals surface area contributed by atoms with Crippen molar-refractivity contribution in [2.24, 2.45) is 17.3 Å². The molecule has 2 N–H and O–H groups in total. The molecule has 2 aliphatic heterocycles. The highest BCUT2D eigenvalue weighted by atomic mass is 16.5. The first kappa shape index (κ1) is 41.3. The minimum atomic E-state index is -1.16. The van der Waals surface area contributed by atoms with Crippen molar-refractivity contribution in [3.8, 4) is 5.75 Å². The fraction of sp³-hybridized carbons (Fsp3) is 0.810. The van der Waals surface area contributed by atoms with Crippen LogP contribution >= 0.6 is 0 Å². The van der Waals surface area contributed by atoms with Gasteiger partial charge in [0.25, 0.3) is 0 Å². The molecule has 0 amide bonds. The monoisotopic (exact) mass is 685 g/mol. The van der Waals surface area contributed by atoms with E-state index < -0.39 is 18.4 Å². The lowest BCUT2D eigenvalue weighted by atomic mass is 9.50. The van der Waals surface area contributed by atoms with E-state index in [2.05, 4.69) is 133 Å². The summed E-state index contributed by atoms with van der Waals surface area (Å²) in [4.78, 5) is 28.7. The van der Waals surface area contributed by atoms with E-state index >= 15 is 0 Å². The Labute approximate surface area is 299 Å². The molecule has 7 heteroatoms. The van der Waals surface area contributed by atoms with Crippen molar-refractivity contribution >= 4 is 11.9 Å². The standard InChI is InChI=1S/C42H72N2O5/c1-36(2,3)31-20-28(21-32(35(31)48)37(4,5)6)23-42(18-17-19-49-34(47)22-33(45)46,29-24-38(7,8)43(15)39(9,10)25-29)30-26-40(11,12)44(16)41(13,14)27-30/h20-21,29-30,48H,17-19,22-27H2,1-16H3,(H,45,46). The maximum absolute atomic E-state index is 12.3. The van der Waals surface area contributed by atoms with Gasteiger partial charge in [0.15, 0.2) is 0 Å². The van der Waals surface area contributed by atoms with Crippen molar-refractivity contribution in [3.05, 3.63) is 28.8 Å². The molecule has 0 aliphatic carbocycles. The Morgan fingerprint density at radius 1 is 0.755 bits per heavy atom. The number of hydrogen-bond acceptors (Lipinski definition) is 6. The summed E-state index contributed by atoms with van der Waals surface area (Å²) in [6.07, 6.45) is 5.99. The van der Waals surface area contributed by atoms with Gasteiger partial charge in [0.1, 0.15) is 12.2 Å². The summed E-state index contributed by atoms with van der Waals surface area (Å²) < 4.78 is 5.55. The lowest BCUT2D eigenvalue weighted by Gasteiger charge is -2.63. The molecule has 1 aromatic rings. The van der Waals surface area contributed by atoms with Crippen molar-refractivity contribution in [3.63, 3.8) is 0 Å². The van der Waals surface area contributed by atoms with E-state index in [1.165, 1.54) is 5.56 Å². The highest BCUT2D eigenvalue weighted by molar-refractivity contribution is 5.90. The van der Waals surface area contributed by atoms with Gasteiger partial charge < -0.3 is 14.9 Å². The number of carbonyl (C=O) groups is 2. The van der Waals surface area contributed by atoms with Crippen molar-refractivity contribution in [1.82, 2.24) is 9.80 Å². The van der Waals surface area contributed by atoms with E-state index in [0.29, 0.717) is 24.0 Å². The molecule has 49 heavy (non-hydrogen) atoms. The van der Waals surface area contributed by atoms with Crippen molar-refractivity contribution < 1.29 is 24.5 Å². The molecule has 280 valence electrons. The van der Waals surface area contributed by atoms with Crippen LogP contribution in [-0.2, 0) is 31.6 Å². The first-order chi connectivity index (χ1) is 22.0. The van der Waals surface area contributed by atoms with Crippen LogP contribution in [0.1, 0.15) is 159 Å². The predicted molar refractivity (Wildman–Crippen MR) is 201 cm³/mol. The van der Waals surface area contributed by atoms with Gasteiger partial charge >= 0.3 is 11.9 Å². The molecule has 0 bridgehead atoms. The summed E-state index contributed by atoms with van der Waals surface area (Å²) in [5.41, 5.74) is 2.51. The Kier molecular flexibility index (Phi) is 11.6. The topological polar surface area (TPSA) is 90.3 Å². The lowest BCUT2D eigenvalue weighted by Crippen LogP contribution is -2.65. The van der Waals surface area contributed by atoms with Crippen LogP contribution in [0.25, 0.3) is 0 Å². The molecule has 1 aromatic carbocycles. The van der Waals surface area contributed by atoms with Crippen molar-refractivity contribution in [2.45, 2.75) is 181 Å². The van der Waals surface area contributed by atoms with E-state index in [0.717, 1.165) is 49.7 Å². The number of ether oxygens (including phenoxy) is 1. The van der Waals surface area contributed by atoms with Gasteiger partial charge in [-0.3, -0.25) is 19.4 Å². The molecule has 0 saturated carbocycles. The molecule has 0 aromatic heterocycles. The number of esters is 1. The van der Waals surface area contributed by atoms with Crippen molar-refractivity contribution in [2.75, 3.05) is 20.7 Å². The molecule has 2 fully saturated rings. The largest absolute Gasteiger partial charge is 0.507 e. The predicted octanol–water partition coefficient (Wildman–Crippen LogP) is 9.11. The number of likely N-dealkylation sites (tertiary alicyclic amines) is 2. The highest BCUT2D eigenvalue weighted by Gasteiger charge is 2.57. The first-order valence-corrected chi connectivity index (χ1v) is 18.7. The summed E-state index contributed by atoms with van der Waals surface area (Å²) in [5.74, 6) is -0.670. The lowest BCUT2D eigenvalue weighted by molar-refractivity contribution is -0.152. The van der Waals surface area contributed by atoms with Crippen LogP contribution in [-0.4, -0.2) is 74.8 Å². The number of aromatic hydroxyl groups is 1. The zero-order chi connectivity index (χ0) is 37.8. The van der Waals surface area contributed by atoms with Gasteiger partial charge in [0.05, 0.1) is 6.61 Å². The third kappa shape index (κ3) is 9.04. The van der Waals surface area contributed by atoms with E-state index in [9.17, 15) is 14.7 Å². The smallest absolute Gasteiger partial charge is 0.317 e. The van der Waals surface area contributed by atoms with Crippen molar-refractivity contribution in [1.29, 1.82) is 0 Å². The number of piperidine rings is 2. The van der Waals surface area contributed by atoms with Gasteiger partial charge in [-0.25, -0.2) is 0 Å². The summed E-state index contributed by atoms with van der Waals surface area (Å²) in [5, 5.41) is 20.9. The summed E-state index contributed by atoms with van der Waals surface area (Å²) in [6.45, 7) is 32.4. The second-order valence-electron chi connectivity index (χ2n) is 20.4. The number of nitrogens with zero attached hydrogens (tertiary/aromatic N) is 2. The normalized spacial score (nSPS) is 22.2. The number of aliphatic carboxylic acids is 1. The van der Waals surface area contributed by atoms with Crippen LogP contribution in [0.3, 0.4) is 0 Å². The van der Waals surface area contributed by atoms with E-state index in [1.807, 2.05) is 0 Å². The Hall–Kier alpha value is -2.12. The number of carboxylic acid groups (broad SMARTS) is 1. The number of phenolic OH excluding ortho intramolecular Hbond substituents is 1. The zero-order valence-electron chi connectivity index (χ0n) is 34.2. The molecule has 7 nitrogen and oxygen atoms in total. The summed E-state index contributed by atoms with van der Waals surface area (Å²) in [6, 6.07) is 4.56. The van der Waals surface area contributed by atoms with Gasteiger partial charge in [-0.2, -0.15) is 0 Å². The Bertz CT molecular complexity index is 1250. The third-order valence-corrected chi connectivity index (χ3v) is 12.9. The quantitative estimate of drug-likeness (QED) is 0.144. The zero-order valence-corrected chi connectivity index (χ0v) is 34.2. The van der Waals surface area contributed by atoms with Crippen LogP contribution in [0.15, 0.2) is 12.1 Å². The summed E-state index contributed by atoms with van der Waals surface area (Å²) in [7, 11) is 4.54. The fourth-order valence-corrected chi connectivity index (χ4v) is 9.76. The molecule has 0 spiro atoms. The number of benzene rings is 1. The van der Waals surface area contributed by atoms with Crippen LogP contribution in [0.5, 0.6) is 5.75 Å². The molecule has 2 heterocycles. The molecule has 0 radical (unpaired) electrons. The molecule has 0 atom stereocenters. The molecule has 0 unspecified atom stereocenters. The van der Waals surface area contributed by atoms with Gasteiger partial charge in [0, 0.05) is 22.2 Å². The van der Waals surface area contributed by atoms with E-state index in [-0.39, 0.29) is 45.0 Å². The van der Waals surface area contributed by atoms with Crippen LogP contribution < -0.4 is 0 Å².